The Labute approximate surface area is 175 Å². The first kappa shape index (κ1) is 21.0. The maximum Gasteiger partial charge on any atom is 0.293 e. The van der Waals surface area contributed by atoms with Crippen molar-refractivity contribution in [1.82, 2.24) is 4.90 Å². The molecule has 0 radical (unpaired) electrons. The Bertz CT molecular complexity index is 936. The van der Waals surface area contributed by atoms with E-state index in [-0.39, 0.29) is 17.2 Å². The first-order valence-corrected chi connectivity index (χ1v) is 10.4. The standard InChI is InChI=1S/C23H25NO4S/c1-5-16(3)24-22(25)21(29-23(24)26)13-18-10-11-19(20(12-18)27-4)28-14-17-8-6-15(2)7-9-17/h6-13,16H,5,14H2,1-4H3/b21-13+/t16-/m1/s1. The minimum Gasteiger partial charge on any atom is -0.493 e. The number of thioether (sulfide) groups is 1. The summed E-state index contributed by atoms with van der Waals surface area (Å²) in [6.07, 6.45) is 2.45. The maximum atomic E-state index is 12.6. The number of hydrogen-bond acceptors (Lipinski definition) is 5. The van der Waals surface area contributed by atoms with Crippen molar-refractivity contribution in [2.24, 2.45) is 0 Å². The highest BCUT2D eigenvalue weighted by atomic mass is 32.2. The van der Waals surface area contributed by atoms with Crippen LogP contribution in [-0.4, -0.2) is 29.2 Å². The molecule has 0 aliphatic carbocycles. The second-order valence-corrected chi connectivity index (χ2v) is 7.99. The second kappa shape index (κ2) is 9.18. The highest BCUT2D eigenvalue weighted by Gasteiger charge is 2.37. The second-order valence-electron chi connectivity index (χ2n) is 6.99. The summed E-state index contributed by atoms with van der Waals surface area (Å²) in [5.74, 6) is 0.956. The summed E-state index contributed by atoms with van der Waals surface area (Å²) in [5, 5.41) is -0.222. The molecule has 1 heterocycles. The van der Waals surface area contributed by atoms with Gasteiger partial charge in [0.05, 0.1) is 12.0 Å². The Balaban J connectivity index is 1.76. The van der Waals surface area contributed by atoms with Gasteiger partial charge in [-0.3, -0.25) is 14.5 Å². The van der Waals surface area contributed by atoms with Crippen molar-refractivity contribution in [3.63, 3.8) is 0 Å². The molecule has 1 aliphatic heterocycles. The van der Waals surface area contributed by atoms with Crippen molar-refractivity contribution in [3.8, 4) is 11.5 Å². The highest BCUT2D eigenvalue weighted by Crippen LogP contribution is 2.36. The summed E-state index contributed by atoms with van der Waals surface area (Å²) in [5.41, 5.74) is 3.05. The van der Waals surface area contributed by atoms with Crippen LogP contribution in [0.5, 0.6) is 11.5 Å². The van der Waals surface area contributed by atoms with E-state index in [0.717, 1.165) is 29.3 Å². The van der Waals surface area contributed by atoms with Crippen LogP contribution in [0.15, 0.2) is 47.4 Å². The first-order chi connectivity index (χ1) is 13.9. The van der Waals surface area contributed by atoms with Crippen molar-refractivity contribution in [1.29, 1.82) is 0 Å². The quantitative estimate of drug-likeness (QED) is 0.570. The van der Waals surface area contributed by atoms with Crippen LogP contribution in [0, 0.1) is 6.92 Å². The van der Waals surface area contributed by atoms with E-state index in [4.69, 9.17) is 9.47 Å². The molecule has 29 heavy (non-hydrogen) atoms. The summed E-state index contributed by atoms with van der Waals surface area (Å²) in [7, 11) is 1.58. The fourth-order valence-corrected chi connectivity index (χ4v) is 3.86. The van der Waals surface area contributed by atoms with Crippen LogP contribution >= 0.6 is 11.8 Å². The van der Waals surface area contributed by atoms with Crippen LogP contribution in [0.3, 0.4) is 0 Å². The van der Waals surface area contributed by atoms with Gasteiger partial charge in [-0.2, -0.15) is 0 Å². The van der Waals surface area contributed by atoms with Crippen LogP contribution in [0.4, 0.5) is 4.79 Å². The smallest absolute Gasteiger partial charge is 0.293 e. The van der Waals surface area contributed by atoms with Crippen LogP contribution in [-0.2, 0) is 11.4 Å². The molecule has 3 rings (SSSR count). The third-order valence-corrected chi connectivity index (χ3v) is 5.74. The summed E-state index contributed by atoms with van der Waals surface area (Å²) in [4.78, 5) is 26.5. The van der Waals surface area contributed by atoms with Gasteiger partial charge in [0.25, 0.3) is 11.1 Å². The van der Waals surface area contributed by atoms with Gasteiger partial charge in [-0.25, -0.2) is 0 Å². The topological polar surface area (TPSA) is 55.8 Å². The van der Waals surface area contributed by atoms with Gasteiger partial charge in [0.2, 0.25) is 0 Å². The van der Waals surface area contributed by atoms with E-state index >= 15 is 0 Å². The molecular weight excluding hydrogens is 386 g/mol. The molecule has 0 aromatic heterocycles. The summed E-state index contributed by atoms with van der Waals surface area (Å²) in [6, 6.07) is 13.5. The monoisotopic (exact) mass is 411 g/mol. The van der Waals surface area contributed by atoms with Crippen LogP contribution in [0.25, 0.3) is 6.08 Å². The normalized spacial score (nSPS) is 16.4. The van der Waals surface area contributed by atoms with Crippen molar-refractivity contribution in [2.45, 2.75) is 39.8 Å². The SMILES string of the molecule is CC[C@@H](C)N1C(=O)S/C(=C/c2ccc(OCc3ccc(C)cc3)c(OC)c2)C1=O. The van der Waals surface area contributed by atoms with E-state index < -0.39 is 0 Å². The lowest BCUT2D eigenvalue weighted by Crippen LogP contribution is -2.36. The van der Waals surface area contributed by atoms with Crippen molar-refractivity contribution >= 4 is 29.0 Å². The molecule has 152 valence electrons. The maximum absolute atomic E-state index is 12.6. The van der Waals surface area contributed by atoms with E-state index in [9.17, 15) is 9.59 Å². The number of rotatable bonds is 7. The van der Waals surface area contributed by atoms with Gasteiger partial charge in [-0.05, 0) is 61.4 Å². The van der Waals surface area contributed by atoms with Gasteiger partial charge in [-0.1, -0.05) is 42.8 Å². The number of hydrogen-bond donors (Lipinski definition) is 0. The fraction of sp³-hybridized carbons (Fsp3) is 0.304. The number of carbonyl (C=O) groups excluding carboxylic acids is 2. The average Bonchev–Trinajstić information content (AvgIpc) is 3.00. The number of carbonyl (C=O) groups is 2. The Morgan fingerprint density at radius 3 is 2.48 bits per heavy atom. The van der Waals surface area contributed by atoms with Gasteiger partial charge in [0, 0.05) is 6.04 Å². The lowest BCUT2D eigenvalue weighted by Gasteiger charge is -2.19. The van der Waals surface area contributed by atoms with Gasteiger partial charge in [-0.15, -0.1) is 0 Å². The first-order valence-electron chi connectivity index (χ1n) is 9.56. The number of aryl methyl sites for hydroxylation is 1. The van der Waals surface area contributed by atoms with Crippen LogP contribution in [0.2, 0.25) is 0 Å². The van der Waals surface area contributed by atoms with Gasteiger partial charge >= 0.3 is 0 Å². The van der Waals surface area contributed by atoms with Crippen LogP contribution < -0.4 is 9.47 Å². The molecule has 2 amide bonds. The molecular formula is C23H25NO4S. The van der Waals surface area contributed by atoms with Crippen LogP contribution in [0.1, 0.15) is 37.0 Å². The number of benzene rings is 2. The zero-order chi connectivity index (χ0) is 21.0. The van der Waals surface area contributed by atoms with Crippen molar-refractivity contribution in [3.05, 3.63) is 64.1 Å². The van der Waals surface area contributed by atoms with Gasteiger partial charge < -0.3 is 9.47 Å². The molecule has 1 atom stereocenters. The zero-order valence-corrected chi connectivity index (χ0v) is 17.9. The van der Waals surface area contributed by atoms with E-state index in [0.29, 0.717) is 23.0 Å². The van der Waals surface area contributed by atoms with Crippen molar-refractivity contribution < 1.29 is 19.1 Å². The average molecular weight is 412 g/mol. The predicted molar refractivity (Wildman–Crippen MR) is 116 cm³/mol. The molecule has 2 aromatic rings. The molecule has 2 aromatic carbocycles. The predicted octanol–water partition coefficient (Wildman–Crippen LogP) is 5.42. The Hall–Kier alpha value is -2.73. The zero-order valence-electron chi connectivity index (χ0n) is 17.1. The largest absolute Gasteiger partial charge is 0.493 e. The lowest BCUT2D eigenvalue weighted by molar-refractivity contribution is -0.124. The number of imide groups is 1. The van der Waals surface area contributed by atoms with Gasteiger partial charge in [0.1, 0.15) is 6.61 Å². The molecule has 0 N–H and O–H groups in total. The number of amides is 2. The number of methoxy groups -OCH3 is 1. The third kappa shape index (κ3) is 4.82. The molecule has 0 spiro atoms. The molecule has 6 heteroatoms. The van der Waals surface area contributed by atoms with E-state index in [1.165, 1.54) is 10.5 Å². The lowest BCUT2D eigenvalue weighted by atomic mass is 10.1. The highest BCUT2D eigenvalue weighted by molar-refractivity contribution is 8.18. The van der Waals surface area contributed by atoms with E-state index in [1.807, 2.05) is 63.2 Å². The Kier molecular flexibility index (Phi) is 6.64. The van der Waals surface area contributed by atoms with E-state index in [1.54, 1.807) is 13.2 Å². The molecule has 0 saturated carbocycles. The number of nitrogens with zero attached hydrogens (tertiary/aromatic N) is 1. The molecule has 1 aliphatic rings. The minimum absolute atomic E-state index is 0.111. The molecule has 5 nitrogen and oxygen atoms in total. The van der Waals surface area contributed by atoms with E-state index in [2.05, 4.69) is 0 Å². The minimum atomic E-state index is -0.243. The van der Waals surface area contributed by atoms with Gasteiger partial charge in [0.15, 0.2) is 11.5 Å². The number of ether oxygens (including phenoxy) is 2. The molecule has 1 saturated heterocycles. The molecule has 0 bridgehead atoms. The molecule has 1 fully saturated rings. The molecule has 0 unspecified atom stereocenters. The fourth-order valence-electron chi connectivity index (χ4n) is 2.93. The van der Waals surface area contributed by atoms with Crippen molar-refractivity contribution in [2.75, 3.05) is 7.11 Å². The third-order valence-electron chi connectivity index (χ3n) is 4.86. The Morgan fingerprint density at radius 2 is 1.83 bits per heavy atom. The summed E-state index contributed by atoms with van der Waals surface area (Å²) in [6.45, 7) is 6.31. The summed E-state index contributed by atoms with van der Waals surface area (Å²) < 4.78 is 11.4. The Morgan fingerprint density at radius 1 is 1.10 bits per heavy atom. The summed E-state index contributed by atoms with van der Waals surface area (Å²) >= 11 is 0.973.